The van der Waals surface area contributed by atoms with E-state index in [4.69, 9.17) is 21.1 Å². The Labute approximate surface area is 161 Å². The van der Waals surface area contributed by atoms with Crippen molar-refractivity contribution < 1.29 is 14.3 Å². The van der Waals surface area contributed by atoms with Gasteiger partial charge >= 0.3 is 5.97 Å². The quantitative estimate of drug-likeness (QED) is 0.608. The zero-order valence-electron chi connectivity index (χ0n) is 14.7. The third-order valence-corrected chi connectivity index (χ3v) is 3.92. The van der Waals surface area contributed by atoms with E-state index in [0.29, 0.717) is 39.3 Å². The number of carbonyl (C=O) groups is 1. The van der Waals surface area contributed by atoms with E-state index in [1.54, 1.807) is 49.6 Å². The molecule has 0 spiro atoms. The van der Waals surface area contributed by atoms with Crippen LogP contribution in [-0.2, 0) is 4.74 Å². The molecule has 0 unspecified atom stereocenters. The average Bonchev–Trinajstić information content (AvgIpc) is 2.68. The van der Waals surface area contributed by atoms with Crippen LogP contribution in [0, 0.1) is 0 Å². The summed E-state index contributed by atoms with van der Waals surface area (Å²) >= 11 is 6.05. The van der Waals surface area contributed by atoms with Gasteiger partial charge in [0.1, 0.15) is 23.7 Å². The van der Waals surface area contributed by atoms with Gasteiger partial charge in [-0.2, -0.15) is 0 Å². The Kier molecular flexibility index (Phi) is 5.73. The first-order valence-electron chi connectivity index (χ1n) is 7.97. The fourth-order valence-electron chi connectivity index (χ4n) is 2.43. The number of nitrogens with zero attached hydrogens (tertiary/aromatic N) is 2. The zero-order valence-corrected chi connectivity index (χ0v) is 15.4. The van der Waals surface area contributed by atoms with Crippen molar-refractivity contribution in [1.29, 1.82) is 0 Å². The van der Waals surface area contributed by atoms with Crippen molar-refractivity contribution in [2.75, 3.05) is 24.9 Å². The third kappa shape index (κ3) is 4.45. The van der Waals surface area contributed by atoms with E-state index in [2.05, 4.69) is 20.6 Å². The highest BCUT2D eigenvalue weighted by molar-refractivity contribution is 6.31. The van der Waals surface area contributed by atoms with E-state index in [-0.39, 0.29) is 0 Å². The van der Waals surface area contributed by atoms with E-state index in [1.807, 2.05) is 6.07 Å². The molecule has 1 aromatic heterocycles. The lowest BCUT2D eigenvalue weighted by Crippen LogP contribution is -2.06. The van der Waals surface area contributed by atoms with E-state index in [1.165, 1.54) is 13.4 Å². The monoisotopic (exact) mass is 384 g/mol. The van der Waals surface area contributed by atoms with Crippen molar-refractivity contribution in [2.45, 2.75) is 0 Å². The van der Waals surface area contributed by atoms with Crippen LogP contribution in [0.3, 0.4) is 0 Å². The maximum atomic E-state index is 11.9. The van der Waals surface area contributed by atoms with Crippen molar-refractivity contribution in [3.63, 3.8) is 0 Å². The smallest absolute Gasteiger partial charge is 0.339 e. The molecular weight excluding hydrogens is 368 g/mol. The standard InChI is InChI=1S/C19H17ClN4O3/c1-26-16-8-7-12(20)9-15(16)24-18-10-17(21-11-22-18)23-14-6-4-3-5-13(14)19(25)27-2/h3-11H,1-2H3,(H2,21,22,23,24). The Balaban J connectivity index is 1.85. The fourth-order valence-corrected chi connectivity index (χ4v) is 2.60. The first-order chi connectivity index (χ1) is 13.1. The summed E-state index contributed by atoms with van der Waals surface area (Å²) < 4.78 is 10.1. The maximum Gasteiger partial charge on any atom is 0.339 e. The first kappa shape index (κ1) is 18.5. The van der Waals surface area contributed by atoms with Crippen molar-refractivity contribution in [2.24, 2.45) is 0 Å². The molecule has 0 amide bonds. The molecular formula is C19H17ClN4O3. The molecule has 0 bridgehead atoms. The molecule has 2 aromatic carbocycles. The number of aromatic nitrogens is 2. The van der Waals surface area contributed by atoms with Gasteiger partial charge in [-0.1, -0.05) is 23.7 Å². The Bertz CT molecular complexity index is 965. The predicted molar refractivity (Wildman–Crippen MR) is 104 cm³/mol. The molecule has 0 saturated carbocycles. The summed E-state index contributed by atoms with van der Waals surface area (Å²) in [5.41, 5.74) is 1.66. The van der Waals surface area contributed by atoms with Crippen LogP contribution in [0.2, 0.25) is 5.02 Å². The molecule has 0 fully saturated rings. The molecule has 138 valence electrons. The number of para-hydroxylation sites is 1. The lowest BCUT2D eigenvalue weighted by Gasteiger charge is -2.13. The van der Waals surface area contributed by atoms with Crippen LogP contribution in [0.4, 0.5) is 23.0 Å². The third-order valence-electron chi connectivity index (χ3n) is 3.69. The zero-order chi connectivity index (χ0) is 19.2. The van der Waals surface area contributed by atoms with Crippen LogP contribution in [0.5, 0.6) is 5.75 Å². The summed E-state index contributed by atoms with van der Waals surface area (Å²) in [7, 11) is 2.91. The number of nitrogens with one attached hydrogen (secondary N) is 2. The van der Waals surface area contributed by atoms with Gasteiger partial charge in [-0.25, -0.2) is 14.8 Å². The first-order valence-corrected chi connectivity index (χ1v) is 8.35. The van der Waals surface area contributed by atoms with Gasteiger partial charge in [0.15, 0.2) is 0 Å². The van der Waals surface area contributed by atoms with E-state index in [9.17, 15) is 4.79 Å². The summed E-state index contributed by atoms with van der Waals surface area (Å²) in [6, 6.07) is 13.9. The van der Waals surface area contributed by atoms with Crippen LogP contribution in [-0.4, -0.2) is 30.2 Å². The van der Waals surface area contributed by atoms with Gasteiger partial charge in [-0.15, -0.1) is 0 Å². The Hall–Kier alpha value is -3.32. The molecule has 0 aliphatic carbocycles. The van der Waals surface area contributed by atoms with Gasteiger partial charge in [-0.05, 0) is 30.3 Å². The van der Waals surface area contributed by atoms with Crippen LogP contribution < -0.4 is 15.4 Å². The highest BCUT2D eigenvalue weighted by atomic mass is 35.5. The molecule has 0 aliphatic rings. The Morgan fingerprint density at radius 1 is 0.963 bits per heavy atom. The molecule has 2 N–H and O–H groups in total. The number of hydrogen-bond donors (Lipinski definition) is 2. The predicted octanol–water partition coefficient (Wildman–Crippen LogP) is 4.41. The summed E-state index contributed by atoms with van der Waals surface area (Å²) in [5, 5.41) is 6.82. The van der Waals surface area contributed by atoms with Gasteiger partial charge in [0.2, 0.25) is 0 Å². The molecule has 0 aliphatic heterocycles. The number of hydrogen-bond acceptors (Lipinski definition) is 7. The summed E-state index contributed by atoms with van der Waals surface area (Å²) in [4.78, 5) is 20.3. The molecule has 0 atom stereocenters. The fraction of sp³-hybridized carbons (Fsp3) is 0.105. The number of methoxy groups -OCH3 is 2. The number of esters is 1. The number of rotatable bonds is 6. The summed E-state index contributed by atoms with van der Waals surface area (Å²) in [6.07, 6.45) is 1.41. The minimum absolute atomic E-state index is 0.407. The van der Waals surface area contributed by atoms with Crippen molar-refractivity contribution >= 4 is 40.6 Å². The lowest BCUT2D eigenvalue weighted by atomic mass is 10.2. The molecule has 8 heteroatoms. The number of carbonyl (C=O) groups excluding carboxylic acids is 1. The SMILES string of the molecule is COC(=O)c1ccccc1Nc1cc(Nc2cc(Cl)ccc2OC)ncn1. The molecule has 7 nitrogen and oxygen atoms in total. The molecule has 3 rings (SSSR count). The van der Waals surface area contributed by atoms with Crippen LogP contribution >= 0.6 is 11.6 Å². The Morgan fingerprint density at radius 3 is 2.37 bits per heavy atom. The lowest BCUT2D eigenvalue weighted by molar-refractivity contribution is 0.0602. The molecule has 0 radical (unpaired) electrons. The highest BCUT2D eigenvalue weighted by Crippen LogP contribution is 2.30. The van der Waals surface area contributed by atoms with E-state index in [0.717, 1.165) is 0 Å². The van der Waals surface area contributed by atoms with Crippen LogP contribution in [0.15, 0.2) is 54.9 Å². The molecule has 1 heterocycles. The number of benzene rings is 2. The van der Waals surface area contributed by atoms with Gasteiger partial charge in [0, 0.05) is 11.1 Å². The second-order valence-corrected chi connectivity index (χ2v) is 5.86. The van der Waals surface area contributed by atoms with Crippen LogP contribution in [0.1, 0.15) is 10.4 Å². The summed E-state index contributed by atoms with van der Waals surface area (Å²) in [5.74, 6) is 1.23. The number of halogens is 1. The second kappa shape index (κ2) is 8.37. The summed E-state index contributed by atoms with van der Waals surface area (Å²) in [6.45, 7) is 0. The van der Waals surface area contributed by atoms with E-state index < -0.39 is 5.97 Å². The molecule has 27 heavy (non-hydrogen) atoms. The van der Waals surface area contributed by atoms with Gasteiger partial charge < -0.3 is 20.1 Å². The molecule has 3 aromatic rings. The largest absolute Gasteiger partial charge is 0.495 e. The highest BCUT2D eigenvalue weighted by Gasteiger charge is 2.12. The normalized spacial score (nSPS) is 10.2. The molecule has 0 saturated heterocycles. The topological polar surface area (TPSA) is 85.4 Å². The van der Waals surface area contributed by atoms with Crippen LogP contribution in [0.25, 0.3) is 0 Å². The van der Waals surface area contributed by atoms with Crippen molar-refractivity contribution in [1.82, 2.24) is 9.97 Å². The van der Waals surface area contributed by atoms with Crippen molar-refractivity contribution in [3.8, 4) is 5.75 Å². The van der Waals surface area contributed by atoms with Gasteiger partial charge in [0.25, 0.3) is 0 Å². The minimum atomic E-state index is -0.436. The van der Waals surface area contributed by atoms with Crippen molar-refractivity contribution in [3.05, 3.63) is 65.4 Å². The second-order valence-electron chi connectivity index (χ2n) is 5.42. The average molecular weight is 385 g/mol. The van der Waals surface area contributed by atoms with E-state index >= 15 is 0 Å². The number of anilines is 4. The Morgan fingerprint density at radius 2 is 1.67 bits per heavy atom. The van der Waals surface area contributed by atoms with Gasteiger partial charge in [-0.3, -0.25) is 0 Å². The maximum absolute atomic E-state index is 11.9. The number of ether oxygens (including phenoxy) is 2. The van der Waals surface area contributed by atoms with Gasteiger partial charge in [0.05, 0.1) is 31.2 Å². The minimum Gasteiger partial charge on any atom is -0.495 e.